The third-order valence-corrected chi connectivity index (χ3v) is 3.11. The van der Waals surface area contributed by atoms with E-state index in [1.165, 1.54) is 19.1 Å². The van der Waals surface area contributed by atoms with Gasteiger partial charge in [0.2, 0.25) is 11.8 Å². The van der Waals surface area contributed by atoms with Crippen LogP contribution in [0.25, 0.3) is 0 Å². The van der Waals surface area contributed by atoms with E-state index < -0.39 is 0 Å². The summed E-state index contributed by atoms with van der Waals surface area (Å²) < 4.78 is 12.7. The van der Waals surface area contributed by atoms with E-state index in [1.54, 1.807) is 17.0 Å². The maximum Gasteiger partial charge on any atom is 0.239 e. The van der Waals surface area contributed by atoms with E-state index in [2.05, 4.69) is 5.32 Å². The standard InChI is InChI=1S/C14H17FN2O2/c1-10(18)17(13-6-7-13)9-14(19)16-8-11-2-4-12(15)5-3-11/h2-5,13H,6-9H2,1H3,(H,16,19). The molecule has 0 aromatic heterocycles. The van der Waals surface area contributed by atoms with Gasteiger partial charge in [0, 0.05) is 19.5 Å². The summed E-state index contributed by atoms with van der Waals surface area (Å²) in [5, 5.41) is 2.73. The van der Waals surface area contributed by atoms with Crippen LogP contribution in [0.4, 0.5) is 4.39 Å². The van der Waals surface area contributed by atoms with Crippen LogP contribution >= 0.6 is 0 Å². The van der Waals surface area contributed by atoms with Gasteiger partial charge in [0.15, 0.2) is 0 Å². The summed E-state index contributed by atoms with van der Waals surface area (Å²) in [7, 11) is 0. The average molecular weight is 264 g/mol. The minimum atomic E-state index is -0.299. The molecular formula is C14H17FN2O2. The van der Waals surface area contributed by atoms with Gasteiger partial charge in [-0.15, -0.1) is 0 Å². The zero-order chi connectivity index (χ0) is 13.8. The summed E-state index contributed by atoms with van der Waals surface area (Å²) >= 11 is 0. The summed E-state index contributed by atoms with van der Waals surface area (Å²) in [4.78, 5) is 24.7. The van der Waals surface area contributed by atoms with Crippen LogP contribution in [0, 0.1) is 5.82 Å². The quantitative estimate of drug-likeness (QED) is 0.875. The van der Waals surface area contributed by atoms with E-state index in [0.717, 1.165) is 18.4 Å². The van der Waals surface area contributed by atoms with Gasteiger partial charge < -0.3 is 10.2 Å². The van der Waals surface area contributed by atoms with Gasteiger partial charge in [-0.05, 0) is 30.5 Å². The van der Waals surface area contributed by atoms with Crippen molar-refractivity contribution in [1.29, 1.82) is 0 Å². The summed E-state index contributed by atoms with van der Waals surface area (Å²) in [6.45, 7) is 1.92. The lowest BCUT2D eigenvalue weighted by Crippen LogP contribution is -2.40. The molecule has 1 aromatic rings. The van der Waals surface area contributed by atoms with Gasteiger partial charge in [-0.1, -0.05) is 12.1 Å². The lowest BCUT2D eigenvalue weighted by atomic mass is 10.2. The average Bonchev–Trinajstić information content (AvgIpc) is 3.19. The summed E-state index contributed by atoms with van der Waals surface area (Å²) in [6, 6.07) is 6.19. The van der Waals surface area contributed by atoms with E-state index in [4.69, 9.17) is 0 Å². The Morgan fingerprint density at radius 3 is 2.47 bits per heavy atom. The van der Waals surface area contributed by atoms with Crippen LogP contribution in [0.5, 0.6) is 0 Å². The van der Waals surface area contributed by atoms with Crippen LogP contribution in [0.2, 0.25) is 0 Å². The fraction of sp³-hybridized carbons (Fsp3) is 0.429. The molecule has 0 aliphatic heterocycles. The normalized spacial score (nSPS) is 14.0. The predicted molar refractivity (Wildman–Crippen MR) is 68.7 cm³/mol. The van der Waals surface area contributed by atoms with Gasteiger partial charge in [-0.25, -0.2) is 4.39 Å². The maximum atomic E-state index is 12.7. The molecule has 0 saturated heterocycles. The summed E-state index contributed by atoms with van der Waals surface area (Å²) in [5.74, 6) is -0.558. The zero-order valence-corrected chi connectivity index (χ0v) is 10.9. The Morgan fingerprint density at radius 2 is 1.95 bits per heavy atom. The molecule has 1 N–H and O–H groups in total. The molecule has 0 bridgehead atoms. The number of nitrogens with zero attached hydrogens (tertiary/aromatic N) is 1. The highest BCUT2D eigenvalue weighted by Gasteiger charge is 2.31. The highest BCUT2D eigenvalue weighted by Crippen LogP contribution is 2.26. The third-order valence-electron chi connectivity index (χ3n) is 3.11. The van der Waals surface area contributed by atoms with Crippen molar-refractivity contribution in [2.24, 2.45) is 0 Å². The van der Waals surface area contributed by atoms with Crippen LogP contribution in [0.3, 0.4) is 0 Å². The van der Waals surface area contributed by atoms with E-state index in [-0.39, 0.29) is 30.2 Å². The molecule has 19 heavy (non-hydrogen) atoms. The maximum absolute atomic E-state index is 12.7. The predicted octanol–water partition coefficient (Wildman–Crippen LogP) is 1.45. The summed E-state index contributed by atoms with van der Waals surface area (Å²) in [5.41, 5.74) is 0.829. The second-order valence-corrected chi connectivity index (χ2v) is 4.78. The molecule has 4 nitrogen and oxygen atoms in total. The van der Waals surface area contributed by atoms with Crippen LogP contribution in [0.15, 0.2) is 24.3 Å². The molecular weight excluding hydrogens is 247 g/mol. The fourth-order valence-electron chi connectivity index (χ4n) is 1.90. The molecule has 5 heteroatoms. The third kappa shape index (κ3) is 4.05. The van der Waals surface area contributed by atoms with Gasteiger partial charge in [-0.2, -0.15) is 0 Å². The topological polar surface area (TPSA) is 49.4 Å². The Balaban J connectivity index is 1.80. The van der Waals surface area contributed by atoms with Crippen molar-refractivity contribution >= 4 is 11.8 Å². The van der Waals surface area contributed by atoms with E-state index in [9.17, 15) is 14.0 Å². The molecule has 0 heterocycles. The van der Waals surface area contributed by atoms with Crippen LogP contribution < -0.4 is 5.32 Å². The molecule has 0 atom stereocenters. The van der Waals surface area contributed by atoms with Gasteiger partial charge in [0.1, 0.15) is 5.82 Å². The minimum absolute atomic E-state index is 0.0700. The number of hydrogen-bond donors (Lipinski definition) is 1. The smallest absolute Gasteiger partial charge is 0.239 e. The largest absolute Gasteiger partial charge is 0.350 e. The monoisotopic (exact) mass is 264 g/mol. The van der Waals surface area contributed by atoms with Gasteiger partial charge in [-0.3, -0.25) is 9.59 Å². The van der Waals surface area contributed by atoms with Crippen molar-refractivity contribution in [3.05, 3.63) is 35.6 Å². The van der Waals surface area contributed by atoms with Crippen molar-refractivity contribution < 1.29 is 14.0 Å². The first-order valence-electron chi connectivity index (χ1n) is 6.34. The first-order chi connectivity index (χ1) is 9.06. The van der Waals surface area contributed by atoms with Crippen LogP contribution in [-0.4, -0.2) is 29.3 Å². The number of carbonyl (C=O) groups excluding carboxylic acids is 2. The number of benzene rings is 1. The highest BCUT2D eigenvalue weighted by atomic mass is 19.1. The number of nitrogens with one attached hydrogen (secondary N) is 1. The first-order valence-corrected chi connectivity index (χ1v) is 6.34. The zero-order valence-electron chi connectivity index (χ0n) is 10.9. The number of hydrogen-bond acceptors (Lipinski definition) is 2. The van der Waals surface area contributed by atoms with Gasteiger partial charge in [0.25, 0.3) is 0 Å². The first kappa shape index (κ1) is 13.5. The number of rotatable bonds is 5. The summed E-state index contributed by atoms with van der Waals surface area (Å²) in [6.07, 6.45) is 1.95. The van der Waals surface area contributed by atoms with Crippen LogP contribution in [0.1, 0.15) is 25.3 Å². The Bertz CT molecular complexity index is 469. The Labute approximate surface area is 111 Å². The van der Waals surface area contributed by atoms with Crippen molar-refractivity contribution in [2.45, 2.75) is 32.4 Å². The molecule has 0 unspecified atom stereocenters. The Hall–Kier alpha value is -1.91. The lowest BCUT2D eigenvalue weighted by Gasteiger charge is -2.19. The van der Waals surface area contributed by atoms with Crippen LogP contribution in [-0.2, 0) is 16.1 Å². The molecule has 102 valence electrons. The molecule has 2 amide bonds. The fourth-order valence-corrected chi connectivity index (χ4v) is 1.90. The molecule has 0 radical (unpaired) electrons. The Kier molecular flexibility index (Phi) is 4.14. The molecule has 1 saturated carbocycles. The van der Waals surface area contributed by atoms with Gasteiger partial charge in [0.05, 0.1) is 6.54 Å². The van der Waals surface area contributed by atoms with Crippen molar-refractivity contribution in [2.75, 3.05) is 6.54 Å². The van der Waals surface area contributed by atoms with Crippen molar-refractivity contribution in [3.63, 3.8) is 0 Å². The van der Waals surface area contributed by atoms with Gasteiger partial charge >= 0.3 is 0 Å². The molecule has 1 aliphatic rings. The van der Waals surface area contributed by atoms with E-state index in [1.807, 2.05) is 0 Å². The van der Waals surface area contributed by atoms with E-state index in [0.29, 0.717) is 6.54 Å². The molecule has 1 aliphatic carbocycles. The minimum Gasteiger partial charge on any atom is -0.350 e. The number of carbonyl (C=O) groups is 2. The lowest BCUT2D eigenvalue weighted by molar-refractivity contribution is -0.134. The number of amides is 2. The molecule has 0 spiro atoms. The SMILES string of the molecule is CC(=O)N(CC(=O)NCc1ccc(F)cc1)C1CC1. The second-order valence-electron chi connectivity index (χ2n) is 4.78. The number of halogens is 1. The van der Waals surface area contributed by atoms with E-state index >= 15 is 0 Å². The molecule has 2 rings (SSSR count). The highest BCUT2D eigenvalue weighted by molar-refractivity contribution is 5.84. The second kappa shape index (κ2) is 5.82. The van der Waals surface area contributed by atoms with Crippen molar-refractivity contribution in [3.8, 4) is 0 Å². The Morgan fingerprint density at radius 1 is 1.32 bits per heavy atom. The molecule has 1 aromatic carbocycles. The molecule has 1 fully saturated rings. The van der Waals surface area contributed by atoms with Crippen molar-refractivity contribution in [1.82, 2.24) is 10.2 Å².